The second kappa shape index (κ2) is 6.17. The molecule has 0 saturated heterocycles. The Morgan fingerprint density at radius 3 is 2.70 bits per heavy atom. The molecule has 0 radical (unpaired) electrons. The lowest BCUT2D eigenvalue weighted by Gasteiger charge is -2.29. The van der Waals surface area contributed by atoms with Crippen LogP contribution in [0.1, 0.15) is 12.8 Å². The molecule has 0 aliphatic carbocycles. The van der Waals surface area contributed by atoms with Crippen molar-refractivity contribution in [3.63, 3.8) is 0 Å². The van der Waals surface area contributed by atoms with Crippen LogP contribution >= 0.6 is 0 Å². The molecule has 0 spiro atoms. The van der Waals surface area contributed by atoms with Gasteiger partial charge in [-0.15, -0.1) is 0 Å². The summed E-state index contributed by atoms with van der Waals surface area (Å²) in [6.45, 7) is 2.58. The fraction of sp³-hybridized carbons (Fsp3) is 0.538. The fourth-order valence-corrected chi connectivity index (χ4v) is 1.91. The first-order chi connectivity index (χ1) is 9.56. The van der Waals surface area contributed by atoms with Crippen molar-refractivity contribution in [2.24, 2.45) is 5.41 Å². The van der Waals surface area contributed by atoms with E-state index in [1.807, 2.05) is 18.9 Å². The van der Waals surface area contributed by atoms with E-state index in [-0.39, 0.29) is 13.2 Å². The molecule has 7 heteroatoms. The summed E-state index contributed by atoms with van der Waals surface area (Å²) < 4.78 is 10.3. The Kier molecular flexibility index (Phi) is 4.53. The van der Waals surface area contributed by atoms with Gasteiger partial charge in [-0.3, -0.25) is 4.90 Å². The maximum absolute atomic E-state index is 9.28. The van der Waals surface area contributed by atoms with Crippen LogP contribution in [0.15, 0.2) is 27.3 Å². The molecule has 0 bridgehead atoms. The van der Waals surface area contributed by atoms with Crippen LogP contribution in [0.2, 0.25) is 0 Å². The Morgan fingerprint density at radius 1 is 1.35 bits per heavy atom. The van der Waals surface area contributed by atoms with Crippen molar-refractivity contribution in [3.8, 4) is 11.6 Å². The number of nitrogens with zero attached hydrogens (tertiary/aromatic N) is 3. The predicted octanol–water partition coefficient (Wildman–Crippen LogP) is 0.752. The molecule has 7 nitrogen and oxygen atoms in total. The van der Waals surface area contributed by atoms with Crippen LogP contribution in [0.4, 0.5) is 0 Å². The van der Waals surface area contributed by atoms with Gasteiger partial charge in [-0.05, 0) is 19.2 Å². The van der Waals surface area contributed by atoms with E-state index in [0.29, 0.717) is 30.6 Å². The molecule has 0 aliphatic heterocycles. The van der Waals surface area contributed by atoms with Crippen molar-refractivity contribution in [3.05, 3.63) is 24.3 Å². The van der Waals surface area contributed by atoms with Gasteiger partial charge < -0.3 is 19.2 Å². The third-order valence-electron chi connectivity index (χ3n) is 3.03. The first-order valence-electron chi connectivity index (χ1n) is 6.33. The number of hydrogen-bond acceptors (Lipinski definition) is 7. The van der Waals surface area contributed by atoms with E-state index in [1.165, 1.54) is 0 Å². The number of hydrogen-bond donors (Lipinski definition) is 2. The molecular formula is C13H19N3O4. The molecule has 2 rings (SSSR count). The minimum Gasteiger partial charge on any atom is -0.461 e. The minimum absolute atomic E-state index is 0.0880. The molecule has 0 fully saturated rings. The van der Waals surface area contributed by atoms with Gasteiger partial charge in [0, 0.05) is 12.0 Å². The van der Waals surface area contributed by atoms with Gasteiger partial charge in [-0.2, -0.15) is 4.98 Å². The third-order valence-corrected chi connectivity index (χ3v) is 3.03. The lowest BCUT2D eigenvalue weighted by Crippen LogP contribution is -2.38. The van der Waals surface area contributed by atoms with Crippen LogP contribution in [0.5, 0.6) is 0 Å². The molecule has 20 heavy (non-hydrogen) atoms. The lowest BCUT2D eigenvalue weighted by atomic mass is 9.92. The highest BCUT2D eigenvalue weighted by molar-refractivity contribution is 5.44. The zero-order valence-electron chi connectivity index (χ0n) is 11.6. The van der Waals surface area contributed by atoms with Gasteiger partial charge in [-0.1, -0.05) is 12.1 Å². The Morgan fingerprint density at radius 2 is 2.10 bits per heavy atom. The molecular weight excluding hydrogens is 262 g/mol. The van der Waals surface area contributed by atoms with Crippen LogP contribution in [-0.2, 0) is 6.54 Å². The van der Waals surface area contributed by atoms with Crippen molar-refractivity contribution < 1.29 is 19.2 Å². The zero-order chi connectivity index (χ0) is 14.6. The molecule has 0 saturated carbocycles. The summed E-state index contributed by atoms with van der Waals surface area (Å²) in [5, 5.41) is 22.4. The van der Waals surface area contributed by atoms with E-state index in [1.54, 1.807) is 18.4 Å². The molecule has 110 valence electrons. The Hall–Kier alpha value is -1.70. The van der Waals surface area contributed by atoms with Crippen molar-refractivity contribution in [1.82, 2.24) is 15.0 Å². The molecule has 2 N–H and O–H groups in total. The number of furan rings is 1. The summed E-state index contributed by atoms with van der Waals surface area (Å²) in [5.41, 5.74) is -0.557. The molecule has 0 amide bonds. The second-order valence-electron chi connectivity index (χ2n) is 5.29. The summed E-state index contributed by atoms with van der Waals surface area (Å²) in [6.07, 6.45) is 1.55. The zero-order valence-corrected chi connectivity index (χ0v) is 11.6. The molecule has 0 aromatic carbocycles. The SMILES string of the molecule is CN(Cc1nc(-c2ccco2)no1)CC(C)(CO)CO. The van der Waals surface area contributed by atoms with Crippen LogP contribution in [-0.4, -0.2) is 52.1 Å². The Bertz CT molecular complexity index is 519. The topological polar surface area (TPSA) is 95.8 Å². The summed E-state index contributed by atoms with van der Waals surface area (Å²) >= 11 is 0. The van der Waals surface area contributed by atoms with Crippen LogP contribution in [0.25, 0.3) is 11.6 Å². The van der Waals surface area contributed by atoms with Crippen molar-refractivity contribution >= 4 is 0 Å². The standard InChI is InChI=1S/C13H19N3O4/c1-13(8-17,9-18)7-16(2)6-11-14-12(15-20-11)10-4-3-5-19-10/h3-5,17-18H,6-9H2,1-2H3. The highest BCUT2D eigenvalue weighted by atomic mass is 16.5. The van der Waals surface area contributed by atoms with Crippen LogP contribution in [0, 0.1) is 5.41 Å². The Labute approximate surface area is 116 Å². The largest absolute Gasteiger partial charge is 0.461 e. The monoisotopic (exact) mass is 281 g/mol. The average molecular weight is 281 g/mol. The van der Waals surface area contributed by atoms with E-state index in [0.717, 1.165) is 0 Å². The second-order valence-corrected chi connectivity index (χ2v) is 5.29. The molecule has 2 aromatic rings. The first kappa shape index (κ1) is 14.7. The van der Waals surface area contributed by atoms with E-state index in [4.69, 9.17) is 8.94 Å². The van der Waals surface area contributed by atoms with Crippen LogP contribution < -0.4 is 0 Å². The number of rotatable bonds is 7. The summed E-state index contributed by atoms with van der Waals surface area (Å²) in [6, 6.07) is 3.51. The summed E-state index contributed by atoms with van der Waals surface area (Å²) in [5.74, 6) is 1.42. The van der Waals surface area contributed by atoms with E-state index in [2.05, 4.69) is 10.1 Å². The maximum atomic E-state index is 9.28. The van der Waals surface area contributed by atoms with Gasteiger partial charge in [-0.25, -0.2) is 0 Å². The van der Waals surface area contributed by atoms with E-state index < -0.39 is 5.41 Å². The van der Waals surface area contributed by atoms with Gasteiger partial charge in [0.05, 0.1) is 26.0 Å². The van der Waals surface area contributed by atoms with Gasteiger partial charge >= 0.3 is 0 Å². The van der Waals surface area contributed by atoms with E-state index in [9.17, 15) is 10.2 Å². The van der Waals surface area contributed by atoms with Crippen molar-refractivity contribution in [1.29, 1.82) is 0 Å². The van der Waals surface area contributed by atoms with E-state index >= 15 is 0 Å². The van der Waals surface area contributed by atoms with Gasteiger partial charge in [0.1, 0.15) is 0 Å². The molecule has 2 heterocycles. The smallest absolute Gasteiger partial charge is 0.241 e. The summed E-state index contributed by atoms with van der Waals surface area (Å²) in [7, 11) is 1.86. The molecule has 0 aliphatic rings. The van der Waals surface area contributed by atoms with Crippen molar-refractivity contribution in [2.75, 3.05) is 26.8 Å². The minimum atomic E-state index is -0.557. The quantitative estimate of drug-likeness (QED) is 0.773. The molecule has 2 aromatic heterocycles. The van der Waals surface area contributed by atoms with Crippen LogP contribution in [0.3, 0.4) is 0 Å². The van der Waals surface area contributed by atoms with Gasteiger partial charge in [0.2, 0.25) is 11.7 Å². The predicted molar refractivity (Wildman–Crippen MR) is 70.6 cm³/mol. The molecule has 0 unspecified atom stereocenters. The lowest BCUT2D eigenvalue weighted by molar-refractivity contribution is 0.0378. The average Bonchev–Trinajstić information content (AvgIpc) is 3.08. The highest BCUT2D eigenvalue weighted by Crippen LogP contribution is 2.18. The molecule has 0 atom stereocenters. The number of aliphatic hydroxyl groups is 2. The highest BCUT2D eigenvalue weighted by Gasteiger charge is 2.25. The van der Waals surface area contributed by atoms with Gasteiger partial charge in [0.25, 0.3) is 0 Å². The van der Waals surface area contributed by atoms with Crippen molar-refractivity contribution in [2.45, 2.75) is 13.5 Å². The number of aliphatic hydroxyl groups excluding tert-OH is 2. The maximum Gasteiger partial charge on any atom is 0.241 e. The number of aromatic nitrogens is 2. The normalized spacial score (nSPS) is 12.2. The third kappa shape index (κ3) is 3.44. The fourth-order valence-electron chi connectivity index (χ4n) is 1.91. The Balaban J connectivity index is 1.97. The summed E-state index contributed by atoms with van der Waals surface area (Å²) in [4.78, 5) is 6.14. The van der Waals surface area contributed by atoms with Gasteiger partial charge in [0.15, 0.2) is 5.76 Å². The first-order valence-corrected chi connectivity index (χ1v) is 6.33.